The molecule has 3 rings (SSSR count). The Labute approximate surface area is 232 Å². The molecule has 9 heteroatoms. The van der Waals surface area contributed by atoms with Gasteiger partial charge in [-0.05, 0) is 61.5 Å². The van der Waals surface area contributed by atoms with E-state index in [-0.39, 0.29) is 11.7 Å². The van der Waals surface area contributed by atoms with Gasteiger partial charge in [-0.1, -0.05) is 24.3 Å². The molecule has 0 heterocycles. The number of hydrogen-bond donors (Lipinski definition) is 2. The summed E-state index contributed by atoms with van der Waals surface area (Å²) in [4.78, 5) is 38.5. The van der Waals surface area contributed by atoms with Crippen LogP contribution in [-0.4, -0.2) is 44.4 Å². The van der Waals surface area contributed by atoms with Gasteiger partial charge >= 0.3 is 5.97 Å². The van der Waals surface area contributed by atoms with E-state index in [4.69, 9.17) is 14.2 Å². The quantitative estimate of drug-likeness (QED) is 0.180. The molecule has 0 aliphatic rings. The zero-order chi connectivity index (χ0) is 28.0. The molecule has 0 fully saturated rings. The molecule has 0 unspecified atom stereocenters. The Morgan fingerprint density at radius 1 is 0.923 bits per heavy atom. The molecule has 0 aromatic heterocycles. The van der Waals surface area contributed by atoms with E-state index < -0.39 is 11.8 Å². The Kier molecular flexibility index (Phi) is 11.2. The van der Waals surface area contributed by atoms with Gasteiger partial charge in [0.2, 0.25) is 0 Å². The van der Waals surface area contributed by atoms with Crippen LogP contribution in [0, 0.1) is 0 Å². The lowest BCUT2D eigenvalue weighted by Crippen LogP contribution is -2.30. The van der Waals surface area contributed by atoms with Gasteiger partial charge in [0, 0.05) is 39.6 Å². The van der Waals surface area contributed by atoms with E-state index in [9.17, 15) is 14.4 Å². The summed E-state index contributed by atoms with van der Waals surface area (Å²) in [6.45, 7) is 2.09. The fourth-order valence-corrected chi connectivity index (χ4v) is 4.06. The predicted molar refractivity (Wildman–Crippen MR) is 153 cm³/mol. The molecule has 0 spiro atoms. The first-order valence-electron chi connectivity index (χ1n) is 12.1. The number of ether oxygens (including phenoxy) is 3. The molecule has 0 atom stereocenters. The van der Waals surface area contributed by atoms with Gasteiger partial charge < -0.3 is 24.8 Å². The first-order chi connectivity index (χ1) is 18.9. The molecule has 2 amide bonds. The monoisotopic (exact) mass is 546 g/mol. The fourth-order valence-electron chi connectivity index (χ4n) is 3.35. The first kappa shape index (κ1) is 29.1. The fraction of sp³-hybridized carbons (Fsp3) is 0.167. The number of amides is 2. The summed E-state index contributed by atoms with van der Waals surface area (Å²) in [6.07, 6.45) is 4.69. The van der Waals surface area contributed by atoms with Crippen LogP contribution >= 0.6 is 11.8 Å². The zero-order valence-electron chi connectivity index (χ0n) is 21.9. The van der Waals surface area contributed by atoms with E-state index in [1.807, 2.05) is 12.1 Å². The van der Waals surface area contributed by atoms with Gasteiger partial charge in [-0.2, -0.15) is 0 Å². The van der Waals surface area contributed by atoms with Crippen LogP contribution in [0.4, 0.5) is 5.69 Å². The molecule has 3 aromatic rings. The Hall–Kier alpha value is -4.50. The van der Waals surface area contributed by atoms with Crippen LogP contribution in [0.25, 0.3) is 6.08 Å². The summed E-state index contributed by atoms with van der Waals surface area (Å²) in [5, 5.41) is 5.55. The molecule has 0 aliphatic heterocycles. The third kappa shape index (κ3) is 9.08. The van der Waals surface area contributed by atoms with Gasteiger partial charge in [0.25, 0.3) is 11.8 Å². The average Bonchev–Trinajstić information content (AvgIpc) is 2.96. The lowest BCUT2D eigenvalue weighted by molar-refractivity contribution is -0.137. The van der Waals surface area contributed by atoms with Crippen LogP contribution in [0.5, 0.6) is 11.5 Å². The van der Waals surface area contributed by atoms with Gasteiger partial charge in [-0.25, -0.2) is 4.79 Å². The predicted octanol–water partition coefficient (Wildman–Crippen LogP) is 5.32. The lowest BCUT2D eigenvalue weighted by atomic mass is 10.1. The summed E-state index contributed by atoms with van der Waals surface area (Å²) in [5.41, 5.74) is 1.58. The summed E-state index contributed by atoms with van der Waals surface area (Å²) in [6, 6.07) is 21.0. The number of benzene rings is 3. The molecule has 202 valence electrons. The summed E-state index contributed by atoms with van der Waals surface area (Å²) < 4.78 is 15.6. The second-order valence-corrected chi connectivity index (χ2v) is 9.02. The Bertz CT molecular complexity index is 1340. The number of hydrogen-bond acceptors (Lipinski definition) is 7. The maximum absolute atomic E-state index is 13.3. The standard InChI is InChI=1S/C30H30N2O6S/c1-4-38-28(33)11-8-18-39-25-16-13-23(14-17-25)31-30(35)26(32-29(34)21-9-6-5-7-10-21)19-22-12-15-24(36-2)20-27(22)37-3/h5-17,19-20H,4,18H2,1-3H3,(H,31,35)(H,32,34)/b11-8+,26-19-. The van der Waals surface area contributed by atoms with Crippen LogP contribution in [0.3, 0.4) is 0 Å². The third-order valence-electron chi connectivity index (χ3n) is 5.27. The van der Waals surface area contributed by atoms with Crippen molar-refractivity contribution < 1.29 is 28.6 Å². The topological polar surface area (TPSA) is 103 Å². The van der Waals surface area contributed by atoms with Crippen molar-refractivity contribution in [2.75, 3.05) is 31.9 Å². The lowest BCUT2D eigenvalue weighted by Gasteiger charge is -2.13. The molecule has 0 bridgehead atoms. The highest BCUT2D eigenvalue weighted by atomic mass is 32.2. The van der Waals surface area contributed by atoms with E-state index in [0.717, 1.165) is 4.90 Å². The normalized spacial score (nSPS) is 11.1. The SMILES string of the molecule is CCOC(=O)/C=C/CSc1ccc(NC(=O)/C(=C/c2ccc(OC)cc2OC)NC(=O)c2ccccc2)cc1. The van der Waals surface area contributed by atoms with Crippen molar-refractivity contribution >= 4 is 41.3 Å². The third-order valence-corrected chi connectivity index (χ3v) is 6.23. The minimum atomic E-state index is -0.505. The molecule has 39 heavy (non-hydrogen) atoms. The van der Waals surface area contributed by atoms with Gasteiger partial charge in [-0.15, -0.1) is 11.8 Å². The Morgan fingerprint density at radius 2 is 1.67 bits per heavy atom. The van der Waals surface area contributed by atoms with E-state index in [0.29, 0.717) is 40.7 Å². The largest absolute Gasteiger partial charge is 0.497 e. The Morgan fingerprint density at radius 3 is 2.33 bits per heavy atom. The van der Waals surface area contributed by atoms with Crippen molar-refractivity contribution in [2.24, 2.45) is 0 Å². The van der Waals surface area contributed by atoms with Crippen LogP contribution in [-0.2, 0) is 14.3 Å². The number of rotatable bonds is 12. The first-order valence-corrected chi connectivity index (χ1v) is 13.1. The minimum Gasteiger partial charge on any atom is -0.497 e. The van der Waals surface area contributed by atoms with Crippen LogP contribution in [0.1, 0.15) is 22.8 Å². The molecule has 8 nitrogen and oxygen atoms in total. The number of carbonyl (C=O) groups excluding carboxylic acids is 3. The number of anilines is 1. The molecule has 0 saturated carbocycles. The van der Waals surface area contributed by atoms with Gasteiger partial charge in [-0.3, -0.25) is 9.59 Å². The van der Waals surface area contributed by atoms with Crippen molar-refractivity contribution in [3.63, 3.8) is 0 Å². The van der Waals surface area contributed by atoms with Crippen LogP contribution in [0.2, 0.25) is 0 Å². The van der Waals surface area contributed by atoms with Crippen LogP contribution in [0.15, 0.2) is 95.5 Å². The summed E-state index contributed by atoms with van der Waals surface area (Å²) in [7, 11) is 3.06. The van der Waals surface area contributed by atoms with E-state index >= 15 is 0 Å². The summed E-state index contributed by atoms with van der Waals surface area (Å²) in [5.74, 6) is 0.366. The molecular formula is C30H30N2O6S. The highest BCUT2D eigenvalue weighted by Gasteiger charge is 2.16. The minimum absolute atomic E-state index is 0.0369. The number of thioether (sulfide) groups is 1. The number of nitrogens with one attached hydrogen (secondary N) is 2. The maximum atomic E-state index is 13.3. The smallest absolute Gasteiger partial charge is 0.330 e. The van der Waals surface area contributed by atoms with Gasteiger partial charge in [0.15, 0.2) is 0 Å². The van der Waals surface area contributed by atoms with Crippen molar-refractivity contribution in [3.8, 4) is 11.5 Å². The molecule has 3 aromatic carbocycles. The highest BCUT2D eigenvalue weighted by Crippen LogP contribution is 2.27. The second kappa shape index (κ2) is 15.0. The van der Waals surface area contributed by atoms with Crippen molar-refractivity contribution in [2.45, 2.75) is 11.8 Å². The molecule has 2 N–H and O–H groups in total. The molecule has 0 saturated heterocycles. The second-order valence-electron chi connectivity index (χ2n) is 7.93. The van der Waals surface area contributed by atoms with Crippen molar-refractivity contribution in [1.29, 1.82) is 0 Å². The van der Waals surface area contributed by atoms with Crippen molar-refractivity contribution in [1.82, 2.24) is 5.32 Å². The molecular weight excluding hydrogens is 516 g/mol. The number of carbonyl (C=O) groups is 3. The maximum Gasteiger partial charge on any atom is 0.330 e. The molecule has 0 radical (unpaired) electrons. The highest BCUT2D eigenvalue weighted by molar-refractivity contribution is 7.99. The van der Waals surface area contributed by atoms with Gasteiger partial charge in [0.1, 0.15) is 17.2 Å². The van der Waals surface area contributed by atoms with E-state index in [1.54, 1.807) is 86.8 Å². The number of methoxy groups -OCH3 is 2. The number of esters is 1. The van der Waals surface area contributed by atoms with E-state index in [1.165, 1.54) is 24.9 Å². The van der Waals surface area contributed by atoms with E-state index in [2.05, 4.69) is 10.6 Å². The Balaban J connectivity index is 1.77. The molecule has 0 aliphatic carbocycles. The zero-order valence-corrected chi connectivity index (χ0v) is 22.7. The van der Waals surface area contributed by atoms with Crippen molar-refractivity contribution in [3.05, 3.63) is 102 Å². The van der Waals surface area contributed by atoms with Crippen LogP contribution < -0.4 is 20.1 Å². The average molecular weight is 547 g/mol. The summed E-state index contributed by atoms with van der Waals surface area (Å²) >= 11 is 1.53. The van der Waals surface area contributed by atoms with Gasteiger partial charge in [0.05, 0.1) is 20.8 Å².